The number of hydrogen-bond acceptors (Lipinski definition) is 4. The van der Waals surface area contributed by atoms with Crippen LogP contribution >= 0.6 is 0 Å². The van der Waals surface area contributed by atoms with Crippen LogP contribution in [0.25, 0.3) is 0 Å². The highest BCUT2D eigenvalue weighted by atomic mass is 16.3. The molecule has 24 heavy (non-hydrogen) atoms. The number of hydrogen-bond donors (Lipinski definition) is 5. The van der Waals surface area contributed by atoms with E-state index in [4.69, 9.17) is 0 Å². The Morgan fingerprint density at radius 1 is 1.33 bits per heavy atom. The number of aliphatic hydroxyl groups excluding tert-OH is 1. The molecule has 1 saturated heterocycles. The number of amides is 3. The molecule has 0 unspecified atom stereocenters. The van der Waals surface area contributed by atoms with Crippen LogP contribution in [0.3, 0.4) is 0 Å². The number of aryl methyl sites for hydroxylation is 1. The minimum absolute atomic E-state index is 0.0406. The standard InChI is InChI=1S/C17H26N4O3/c1-10(2)19-16(23)12-5-4-11(3)13(8-12)20-17(24)21-14-9-18-7-6-15(14)22/h4-5,8,10,14-15,18,22H,6-7,9H2,1-3H3,(H,19,23)(H2,20,21,24)/t14-,15-/m1/s1. The number of rotatable bonds is 4. The van der Waals surface area contributed by atoms with Gasteiger partial charge in [0.25, 0.3) is 5.91 Å². The third-order valence-electron chi connectivity index (χ3n) is 3.93. The molecule has 1 aromatic rings. The fourth-order valence-corrected chi connectivity index (χ4v) is 2.56. The summed E-state index contributed by atoms with van der Waals surface area (Å²) >= 11 is 0. The predicted octanol–water partition coefficient (Wildman–Crippen LogP) is 0.978. The van der Waals surface area contributed by atoms with Crippen LogP contribution in [-0.4, -0.2) is 48.3 Å². The van der Waals surface area contributed by atoms with Gasteiger partial charge < -0.3 is 26.4 Å². The number of urea groups is 1. The first-order chi connectivity index (χ1) is 11.4. The maximum atomic E-state index is 12.2. The van der Waals surface area contributed by atoms with Crippen molar-refractivity contribution in [1.29, 1.82) is 0 Å². The molecule has 2 atom stereocenters. The predicted molar refractivity (Wildman–Crippen MR) is 93.2 cm³/mol. The molecule has 3 amide bonds. The minimum Gasteiger partial charge on any atom is -0.391 e. The second kappa shape index (κ2) is 8.12. The van der Waals surface area contributed by atoms with Gasteiger partial charge in [-0.15, -0.1) is 0 Å². The number of carbonyl (C=O) groups is 2. The van der Waals surface area contributed by atoms with Crippen LogP contribution in [0.15, 0.2) is 18.2 Å². The summed E-state index contributed by atoms with van der Waals surface area (Å²) in [5, 5.41) is 21.4. The maximum Gasteiger partial charge on any atom is 0.319 e. The van der Waals surface area contributed by atoms with Crippen molar-refractivity contribution in [2.45, 2.75) is 45.4 Å². The van der Waals surface area contributed by atoms with Gasteiger partial charge in [0.05, 0.1) is 12.1 Å². The average Bonchev–Trinajstić information content (AvgIpc) is 2.51. The van der Waals surface area contributed by atoms with Gasteiger partial charge in [0.15, 0.2) is 0 Å². The molecule has 132 valence electrons. The Morgan fingerprint density at radius 3 is 2.75 bits per heavy atom. The number of carbonyl (C=O) groups excluding carboxylic acids is 2. The Morgan fingerprint density at radius 2 is 2.08 bits per heavy atom. The molecule has 0 aliphatic carbocycles. The van der Waals surface area contributed by atoms with Crippen LogP contribution in [0.5, 0.6) is 0 Å². The molecule has 0 saturated carbocycles. The molecule has 0 aromatic heterocycles. The quantitative estimate of drug-likeness (QED) is 0.566. The largest absolute Gasteiger partial charge is 0.391 e. The van der Waals surface area contributed by atoms with Gasteiger partial charge in [-0.1, -0.05) is 6.07 Å². The summed E-state index contributed by atoms with van der Waals surface area (Å²) in [4.78, 5) is 24.3. The molecule has 5 N–H and O–H groups in total. The summed E-state index contributed by atoms with van der Waals surface area (Å²) in [6.07, 6.45) is 0.0516. The fraction of sp³-hybridized carbons (Fsp3) is 0.529. The van der Waals surface area contributed by atoms with Crippen LogP contribution in [0.4, 0.5) is 10.5 Å². The zero-order chi connectivity index (χ0) is 17.7. The van der Waals surface area contributed by atoms with Crippen molar-refractivity contribution in [2.75, 3.05) is 18.4 Å². The first-order valence-corrected chi connectivity index (χ1v) is 8.24. The Kier molecular flexibility index (Phi) is 6.16. The molecule has 1 aliphatic heterocycles. The summed E-state index contributed by atoms with van der Waals surface area (Å²) in [6.45, 7) is 6.92. The topological polar surface area (TPSA) is 102 Å². The molecule has 7 heteroatoms. The Hall–Kier alpha value is -2.12. The van der Waals surface area contributed by atoms with Gasteiger partial charge >= 0.3 is 6.03 Å². The molecule has 1 heterocycles. The van der Waals surface area contributed by atoms with E-state index in [-0.39, 0.29) is 18.0 Å². The molecular weight excluding hydrogens is 308 g/mol. The van der Waals surface area contributed by atoms with Crippen molar-refractivity contribution >= 4 is 17.6 Å². The normalized spacial score (nSPS) is 20.5. The molecule has 0 spiro atoms. The summed E-state index contributed by atoms with van der Waals surface area (Å²) < 4.78 is 0. The number of nitrogens with one attached hydrogen (secondary N) is 4. The Balaban J connectivity index is 2.02. The second-order valence-electron chi connectivity index (χ2n) is 6.42. The maximum absolute atomic E-state index is 12.2. The Labute approximate surface area is 142 Å². The minimum atomic E-state index is -0.554. The molecule has 1 aliphatic rings. The van der Waals surface area contributed by atoms with E-state index in [1.807, 2.05) is 20.8 Å². The third-order valence-corrected chi connectivity index (χ3v) is 3.93. The summed E-state index contributed by atoms with van der Waals surface area (Å²) in [6, 6.07) is 4.49. The monoisotopic (exact) mass is 334 g/mol. The van der Waals surface area contributed by atoms with Crippen molar-refractivity contribution in [2.24, 2.45) is 0 Å². The summed E-state index contributed by atoms with van der Waals surface area (Å²) in [5.41, 5.74) is 1.92. The van der Waals surface area contributed by atoms with Crippen molar-refractivity contribution in [3.8, 4) is 0 Å². The van der Waals surface area contributed by atoms with Crippen molar-refractivity contribution < 1.29 is 14.7 Å². The smallest absolute Gasteiger partial charge is 0.319 e. The lowest BCUT2D eigenvalue weighted by Gasteiger charge is -2.29. The van der Waals surface area contributed by atoms with Gasteiger partial charge in [-0.2, -0.15) is 0 Å². The van der Waals surface area contributed by atoms with E-state index >= 15 is 0 Å². The van der Waals surface area contributed by atoms with Crippen molar-refractivity contribution in [1.82, 2.24) is 16.0 Å². The highest BCUT2D eigenvalue weighted by Crippen LogP contribution is 2.17. The number of benzene rings is 1. The van der Waals surface area contributed by atoms with Crippen molar-refractivity contribution in [3.05, 3.63) is 29.3 Å². The molecule has 0 radical (unpaired) electrons. The summed E-state index contributed by atoms with van der Waals surface area (Å²) in [5.74, 6) is -0.180. The van der Waals surface area contributed by atoms with E-state index in [1.165, 1.54) is 0 Å². The van der Waals surface area contributed by atoms with Crippen LogP contribution in [0.1, 0.15) is 36.2 Å². The molecule has 2 rings (SSSR count). The lowest BCUT2D eigenvalue weighted by atomic mass is 10.0. The lowest BCUT2D eigenvalue weighted by Crippen LogP contribution is -2.54. The van der Waals surface area contributed by atoms with Gasteiger partial charge in [-0.05, 0) is 51.4 Å². The van der Waals surface area contributed by atoms with E-state index in [0.717, 1.165) is 12.1 Å². The molecular formula is C17H26N4O3. The average molecular weight is 334 g/mol. The van der Waals surface area contributed by atoms with Crippen LogP contribution < -0.4 is 21.3 Å². The second-order valence-corrected chi connectivity index (χ2v) is 6.42. The van der Waals surface area contributed by atoms with E-state index in [9.17, 15) is 14.7 Å². The lowest BCUT2D eigenvalue weighted by molar-refractivity contribution is 0.0943. The fourth-order valence-electron chi connectivity index (χ4n) is 2.56. The van der Waals surface area contributed by atoms with Crippen molar-refractivity contribution in [3.63, 3.8) is 0 Å². The number of aliphatic hydroxyl groups is 1. The SMILES string of the molecule is Cc1ccc(C(=O)NC(C)C)cc1NC(=O)N[C@@H]1CNCC[C@H]1O. The zero-order valence-electron chi connectivity index (χ0n) is 14.3. The number of anilines is 1. The van der Waals surface area contributed by atoms with Gasteiger partial charge in [0.2, 0.25) is 0 Å². The molecule has 1 aromatic carbocycles. The van der Waals surface area contributed by atoms with Crippen LogP contribution in [-0.2, 0) is 0 Å². The van der Waals surface area contributed by atoms with E-state index in [2.05, 4.69) is 21.3 Å². The van der Waals surface area contributed by atoms with E-state index < -0.39 is 12.1 Å². The summed E-state index contributed by atoms with van der Waals surface area (Å²) in [7, 11) is 0. The van der Waals surface area contributed by atoms with Crippen LogP contribution in [0, 0.1) is 6.92 Å². The number of piperidine rings is 1. The zero-order valence-corrected chi connectivity index (χ0v) is 14.3. The van der Waals surface area contributed by atoms with Gasteiger partial charge in [-0.25, -0.2) is 4.79 Å². The first kappa shape index (κ1) is 18.2. The highest BCUT2D eigenvalue weighted by Gasteiger charge is 2.24. The molecule has 1 fully saturated rings. The Bertz CT molecular complexity index is 603. The van der Waals surface area contributed by atoms with Crippen LogP contribution in [0.2, 0.25) is 0 Å². The van der Waals surface area contributed by atoms with E-state index in [0.29, 0.717) is 24.2 Å². The third kappa shape index (κ3) is 4.94. The van der Waals surface area contributed by atoms with E-state index in [1.54, 1.807) is 18.2 Å². The highest BCUT2D eigenvalue weighted by molar-refractivity contribution is 5.97. The first-order valence-electron chi connectivity index (χ1n) is 8.24. The molecule has 7 nitrogen and oxygen atoms in total. The molecule has 0 bridgehead atoms. The van der Waals surface area contributed by atoms with Gasteiger partial charge in [0.1, 0.15) is 0 Å². The van der Waals surface area contributed by atoms with Gasteiger partial charge in [-0.3, -0.25) is 4.79 Å². The van der Waals surface area contributed by atoms with Gasteiger partial charge in [0, 0.05) is 23.8 Å².